The molecule has 0 aliphatic heterocycles. The predicted octanol–water partition coefficient (Wildman–Crippen LogP) is 3.23. The van der Waals surface area contributed by atoms with Gasteiger partial charge in [0.1, 0.15) is 24.0 Å². The van der Waals surface area contributed by atoms with Crippen LogP contribution in [0.3, 0.4) is 0 Å². The molecule has 2 rings (SSSR count). The van der Waals surface area contributed by atoms with Gasteiger partial charge in [0.25, 0.3) is 0 Å². The molecular formula is C17H23N3O. The molecule has 112 valence electrons. The van der Waals surface area contributed by atoms with Crippen LogP contribution in [0.5, 0.6) is 5.75 Å². The largest absolute Gasteiger partial charge is 0.492 e. The van der Waals surface area contributed by atoms with Gasteiger partial charge in [-0.15, -0.1) is 0 Å². The van der Waals surface area contributed by atoms with E-state index in [-0.39, 0.29) is 0 Å². The maximum atomic E-state index is 5.77. The van der Waals surface area contributed by atoms with Crippen LogP contribution in [0.2, 0.25) is 0 Å². The normalized spacial score (nSPS) is 10.5. The smallest absolute Gasteiger partial charge is 0.135 e. The van der Waals surface area contributed by atoms with E-state index < -0.39 is 0 Å². The van der Waals surface area contributed by atoms with Gasteiger partial charge in [-0.1, -0.05) is 17.7 Å². The van der Waals surface area contributed by atoms with Crippen molar-refractivity contribution in [1.29, 1.82) is 0 Å². The molecule has 1 heterocycles. The Morgan fingerprint density at radius 1 is 1.00 bits per heavy atom. The quantitative estimate of drug-likeness (QED) is 0.845. The lowest BCUT2D eigenvalue weighted by atomic mass is 10.2. The van der Waals surface area contributed by atoms with Gasteiger partial charge in [0, 0.05) is 18.3 Å². The number of aromatic nitrogens is 2. The van der Waals surface area contributed by atoms with Crippen molar-refractivity contribution in [3.8, 4) is 5.75 Å². The van der Waals surface area contributed by atoms with Gasteiger partial charge in [-0.2, -0.15) is 0 Å². The van der Waals surface area contributed by atoms with Crippen LogP contribution in [0.25, 0.3) is 0 Å². The Balaban J connectivity index is 1.96. The first kappa shape index (κ1) is 15.3. The van der Waals surface area contributed by atoms with E-state index in [0.717, 1.165) is 35.2 Å². The Hall–Kier alpha value is -2.10. The molecule has 0 bridgehead atoms. The van der Waals surface area contributed by atoms with Crippen molar-refractivity contribution in [3.63, 3.8) is 0 Å². The number of likely N-dealkylation sites (N-methyl/N-ethyl adjacent to an activating group) is 1. The third kappa shape index (κ3) is 3.94. The molecule has 0 unspecified atom stereocenters. The summed E-state index contributed by atoms with van der Waals surface area (Å²) in [7, 11) is 2.03. The minimum Gasteiger partial charge on any atom is -0.492 e. The van der Waals surface area contributed by atoms with Gasteiger partial charge >= 0.3 is 0 Å². The average molecular weight is 285 g/mol. The van der Waals surface area contributed by atoms with E-state index in [1.807, 2.05) is 33.0 Å². The van der Waals surface area contributed by atoms with E-state index in [0.29, 0.717) is 6.61 Å². The van der Waals surface area contributed by atoms with Crippen LogP contribution in [-0.4, -0.2) is 30.2 Å². The molecule has 0 fully saturated rings. The van der Waals surface area contributed by atoms with Gasteiger partial charge < -0.3 is 9.64 Å². The molecule has 1 aromatic heterocycles. The summed E-state index contributed by atoms with van der Waals surface area (Å²) in [6.45, 7) is 9.48. The molecule has 0 amide bonds. The molecular weight excluding hydrogens is 262 g/mol. The third-order valence-electron chi connectivity index (χ3n) is 3.55. The number of aryl methyl sites for hydroxylation is 3. The number of rotatable bonds is 5. The second kappa shape index (κ2) is 6.57. The molecule has 4 heteroatoms. The van der Waals surface area contributed by atoms with Gasteiger partial charge in [0.15, 0.2) is 0 Å². The summed E-state index contributed by atoms with van der Waals surface area (Å²) in [6.07, 6.45) is 0. The summed E-state index contributed by atoms with van der Waals surface area (Å²) in [6, 6.07) is 8.11. The minimum atomic E-state index is 0.626. The zero-order valence-corrected chi connectivity index (χ0v) is 13.5. The molecule has 0 radical (unpaired) electrons. The van der Waals surface area contributed by atoms with E-state index in [2.05, 4.69) is 40.8 Å². The molecule has 0 spiro atoms. The van der Waals surface area contributed by atoms with E-state index in [4.69, 9.17) is 4.74 Å². The molecule has 0 aliphatic carbocycles. The van der Waals surface area contributed by atoms with Crippen molar-refractivity contribution in [1.82, 2.24) is 9.97 Å². The van der Waals surface area contributed by atoms with Crippen LogP contribution in [0.4, 0.5) is 5.82 Å². The van der Waals surface area contributed by atoms with Crippen LogP contribution < -0.4 is 9.64 Å². The summed E-state index contributed by atoms with van der Waals surface area (Å²) >= 11 is 0. The van der Waals surface area contributed by atoms with Crippen LogP contribution in [0.1, 0.15) is 22.6 Å². The van der Waals surface area contributed by atoms with Gasteiger partial charge in [-0.25, -0.2) is 9.97 Å². The van der Waals surface area contributed by atoms with Crippen molar-refractivity contribution in [2.75, 3.05) is 25.1 Å². The third-order valence-corrected chi connectivity index (χ3v) is 3.55. The Morgan fingerprint density at radius 2 is 1.67 bits per heavy atom. The van der Waals surface area contributed by atoms with Crippen molar-refractivity contribution in [2.24, 2.45) is 0 Å². The molecule has 4 nitrogen and oxygen atoms in total. The summed E-state index contributed by atoms with van der Waals surface area (Å²) in [5, 5.41) is 0. The maximum Gasteiger partial charge on any atom is 0.135 e. The first-order valence-electron chi connectivity index (χ1n) is 7.20. The van der Waals surface area contributed by atoms with Gasteiger partial charge in [0.2, 0.25) is 0 Å². The maximum absolute atomic E-state index is 5.77. The standard InChI is InChI=1S/C17H23N3O/c1-12-6-8-16(9-7-12)21-11-10-20(5)17-13(2)14(3)18-15(4)19-17/h6-9H,10-11H2,1-5H3. The Morgan fingerprint density at radius 3 is 2.33 bits per heavy atom. The number of nitrogens with zero attached hydrogens (tertiary/aromatic N) is 3. The molecule has 0 aliphatic rings. The molecule has 0 N–H and O–H groups in total. The molecule has 1 aromatic carbocycles. The number of hydrogen-bond donors (Lipinski definition) is 0. The van der Waals surface area contributed by atoms with E-state index in [9.17, 15) is 0 Å². The summed E-state index contributed by atoms with van der Waals surface area (Å²) in [5.74, 6) is 2.69. The van der Waals surface area contributed by atoms with Gasteiger partial charge in [-0.3, -0.25) is 0 Å². The zero-order chi connectivity index (χ0) is 15.4. The van der Waals surface area contributed by atoms with Crippen molar-refractivity contribution in [3.05, 3.63) is 46.9 Å². The van der Waals surface area contributed by atoms with Crippen LogP contribution >= 0.6 is 0 Å². The SMILES string of the molecule is Cc1ccc(OCCN(C)c2nc(C)nc(C)c2C)cc1. The molecule has 2 aromatic rings. The topological polar surface area (TPSA) is 38.2 Å². The van der Waals surface area contributed by atoms with E-state index in [1.54, 1.807) is 0 Å². The van der Waals surface area contributed by atoms with Gasteiger partial charge in [-0.05, 0) is 39.8 Å². The lowest BCUT2D eigenvalue weighted by molar-refractivity contribution is 0.325. The number of benzene rings is 1. The van der Waals surface area contributed by atoms with Gasteiger partial charge in [0.05, 0.1) is 6.54 Å². The molecule has 0 saturated heterocycles. The minimum absolute atomic E-state index is 0.626. The van der Waals surface area contributed by atoms with Crippen LogP contribution in [-0.2, 0) is 0 Å². The van der Waals surface area contributed by atoms with Crippen LogP contribution in [0.15, 0.2) is 24.3 Å². The Labute approximate surface area is 126 Å². The monoisotopic (exact) mass is 285 g/mol. The summed E-state index contributed by atoms with van der Waals surface area (Å²) < 4.78 is 5.77. The molecule has 0 saturated carbocycles. The number of hydrogen-bond acceptors (Lipinski definition) is 4. The predicted molar refractivity (Wildman–Crippen MR) is 86.2 cm³/mol. The van der Waals surface area contributed by atoms with Crippen LogP contribution in [0, 0.1) is 27.7 Å². The lowest BCUT2D eigenvalue weighted by Gasteiger charge is -2.21. The fourth-order valence-corrected chi connectivity index (χ4v) is 2.16. The first-order valence-corrected chi connectivity index (χ1v) is 7.20. The van der Waals surface area contributed by atoms with Crippen molar-refractivity contribution in [2.45, 2.75) is 27.7 Å². The summed E-state index contributed by atoms with van der Waals surface area (Å²) in [4.78, 5) is 11.0. The second-order valence-corrected chi connectivity index (χ2v) is 5.39. The zero-order valence-electron chi connectivity index (χ0n) is 13.5. The van der Waals surface area contributed by atoms with E-state index in [1.165, 1.54) is 5.56 Å². The Bertz CT molecular complexity index is 608. The highest BCUT2D eigenvalue weighted by Crippen LogP contribution is 2.18. The average Bonchev–Trinajstić information content (AvgIpc) is 2.44. The highest BCUT2D eigenvalue weighted by Gasteiger charge is 2.10. The second-order valence-electron chi connectivity index (χ2n) is 5.39. The summed E-state index contributed by atoms with van der Waals surface area (Å²) in [5.41, 5.74) is 3.39. The fourth-order valence-electron chi connectivity index (χ4n) is 2.16. The van der Waals surface area contributed by atoms with Crippen molar-refractivity contribution >= 4 is 5.82 Å². The number of anilines is 1. The molecule has 0 atom stereocenters. The Kier molecular flexibility index (Phi) is 4.78. The lowest BCUT2D eigenvalue weighted by Crippen LogP contribution is -2.26. The fraction of sp³-hybridized carbons (Fsp3) is 0.412. The van der Waals surface area contributed by atoms with Crippen molar-refractivity contribution < 1.29 is 4.74 Å². The highest BCUT2D eigenvalue weighted by atomic mass is 16.5. The molecule has 21 heavy (non-hydrogen) atoms. The first-order chi connectivity index (χ1) is 9.97. The highest BCUT2D eigenvalue weighted by molar-refractivity contribution is 5.47. The van der Waals surface area contributed by atoms with E-state index >= 15 is 0 Å². The number of ether oxygens (including phenoxy) is 1.